The summed E-state index contributed by atoms with van der Waals surface area (Å²) in [7, 11) is 0. The molecule has 0 unspecified atom stereocenters. The van der Waals surface area contributed by atoms with Gasteiger partial charge in [0.25, 0.3) is 0 Å². The highest BCUT2D eigenvalue weighted by Crippen LogP contribution is 2.27. The van der Waals surface area contributed by atoms with E-state index < -0.39 is 5.97 Å². The zero-order chi connectivity index (χ0) is 19.5. The van der Waals surface area contributed by atoms with Crippen molar-refractivity contribution < 1.29 is 9.90 Å². The zero-order valence-corrected chi connectivity index (χ0v) is 16.1. The minimum atomic E-state index is -1.17. The first kappa shape index (κ1) is 18.3. The summed E-state index contributed by atoms with van der Waals surface area (Å²) in [6, 6.07) is 17.1. The number of aromatic nitrogens is 3. The molecule has 0 saturated heterocycles. The molecule has 0 aliphatic heterocycles. The number of hydrogen-bond donors (Lipinski definition) is 0. The molecule has 0 aliphatic carbocycles. The lowest BCUT2D eigenvalue weighted by molar-refractivity contribution is -0.255. The van der Waals surface area contributed by atoms with Crippen LogP contribution in [0, 0.1) is 6.92 Å². The Morgan fingerprint density at radius 1 is 1.11 bits per heavy atom. The number of thioether (sulfide) groups is 1. The first-order chi connectivity index (χ1) is 13.6. The van der Waals surface area contributed by atoms with Crippen molar-refractivity contribution in [3.05, 3.63) is 89.2 Å². The summed E-state index contributed by atoms with van der Waals surface area (Å²) in [5.74, 6) is -0.347. The van der Waals surface area contributed by atoms with Crippen LogP contribution in [0.2, 0.25) is 0 Å². The molecule has 0 saturated carbocycles. The number of hydrogen-bond acceptors (Lipinski definition) is 5. The van der Waals surface area contributed by atoms with E-state index in [2.05, 4.69) is 40.7 Å². The van der Waals surface area contributed by atoms with Crippen LogP contribution in [0.4, 0.5) is 0 Å². The second-order valence-electron chi connectivity index (χ2n) is 6.61. The van der Waals surface area contributed by atoms with Gasteiger partial charge in [0, 0.05) is 11.9 Å². The predicted molar refractivity (Wildman–Crippen MR) is 108 cm³/mol. The van der Waals surface area contributed by atoms with E-state index in [1.165, 1.54) is 11.1 Å². The quantitative estimate of drug-likeness (QED) is 0.473. The molecular weight excluding hydrogens is 370 g/mol. The largest absolute Gasteiger partial charge is 0.545 e. The second-order valence-corrected chi connectivity index (χ2v) is 7.55. The van der Waals surface area contributed by atoms with Gasteiger partial charge < -0.3 is 14.5 Å². The first-order valence-corrected chi connectivity index (χ1v) is 9.87. The number of carboxylic acids is 1. The fraction of sp³-hybridized carbons (Fsp3) is 0.136. The van der Waals surface area contributed by atoms with Crippen molar-refractivity contribution in [2.45, 2.75) is 24.4 Å². The fourth-order valence-electron chi connectivity index (χ4n) is 3.09. The van der Waals surface area contributed by atoms with Gasteiger partial charge in [0.2, 0.25) is 0 Å². The van der Waals surface area contributed by atoms with Crippen molar-refractivity contribution in [3.63, 3.8) is 0 Å². The van der Waals surface area contributed by atoms with Gasteiger partial charge in [-0.15, -0.1) is 0 Å². The van der Waals surface area contributed by atoms with Crippen molar-refractivity contribution in [2.75, 3.05) is 0 Å². The van der Waals surface area contributed by atoms with E-state index in [0.717, 1.165) is 27.5 Å². The number of rotatable bonds is 6. The average Bonchev–Trinajstić information content (AvgIpc) is 3.04. The second kappa shape index (κ2) is 7.86. The minimum absolute atomic E-state index is 0.176. The molecule has 2 aromatic carbocycles. The molecule has 4 aromatic rings. The van der Waals surface area contributed by atoms with Crippen molar-refractivity contribution in [1.29, 1.82) is 0 Å². The molecule has 5 nitrogen and oxygen atoms in total. The maximum Gasteiger partial charge on any atom is 0.169 e. The van der Waals surface area contributed by atoms with Gasteiger partial charge >= 0.3 is 0 Å². The Morgan fingerprint density at radius 3 is 2.68 bits per heavy atom. The third-order valence-electron chi connectivity index (χ3n) is 4.50. The normalized spacial score (nSPS) is 11.0. The van der Waals surface area contributed by atoms with E-state index in [4.69, 9.17) is 4.98 Å². The third kappa shape index (κ3) is 3.92. The summed E-state index contributed by atoms with van der Waals surface area (Å²) in [5.41, 5.74) is 5.51. The molecule has 28 heavy (non-hydrogen) atoms. The van der Waals surface area contributed by atoms with Gasteiger partial charge in [-0.3, -0.25) is 4.98 Å². The SMILES string of the molecule is Cc1cccc(CSc2nc3ccncc3n2Cc2ccc(C(=O)[O-])cc2)c1. The Kier molecular flexibility index (Phi) is 5.12. The number of carbonyl (C=O) groups is 1. The highest BCUT2D eigenvalue weighted by molar-refractivity contribution is 7.98. The smallest absolute Gasteiger partial charge is 0.169 e. The summed E-state index contributed by atoms with van der Waals surface area (Å²) in [6.45, 7) is 2.68. The van der Waals surface area contributed by atoms with Crippen LogP contribution in [-0.2, 0) is 12.3 Å². The standard InChI is InChI=1S/C22H19N3O2S/c1-15-3-2-4-17(11-15)14-28-22-24-19-9-10-23-12-20(19)25(22)13-16-5-7-18(8-6-16)21(26)27/h2-12H,13-14H2,1H3,(H,26,27)/p-1. The zero-order valence-electron chi connectivity index (χ0n) is 15.3. The number of imidazole rings is 1. The molecule has 6 heteroatoms. The van der Waals surface area contributed by atoms with Crippen LogP contribution >= 0.6 is 11.8 Å². The monoisotopic (exact) mass is 388 g/mol. The van der Waals surface area contributed by atoms with E-state index in [0.29, 0.717) is 6.54 Å². The highest BCUT2D eigenvalue weighted by Gasteiger charge is 2.12. The van der Waals surface area contributed by atoms with Crippen LogP contribution in [0.3, 0.4) is 0 Å². The van der Waals surface area contributed by atoms with Crippen molar-refractivity contribution in [1.82, 2.24) is 14.5 Å². The van der Waals surface area contributed by atoms with Gasteiger partial charge in [0.1, 0.15) is 0 Å². The molecule has 2 heterocycles. The van der Waals surface area contributed by atoms with Crippen molar-refractivity contribution in [2.24, 2.45) is 0 Å². The van der Waals surface area contributed by atoms with Gasteiger partial charge in [-0.25, -0.2) is 4.98 Å². The Balaban J connectivity index is 1.64. The van der Waals surface area contributed by atoms with E-state index in [1.807, 2.05) is 24.4 Å². The summed E-state index contributed by atoms with van der Waals surface area (Å²) in [4.78, 5) is 20.0. The summed E-state index contributed by atoms with van der Waals surface area (Å²) >= 11 is 1.68. The molecule has 0 fully saturated rings. The van der Waals surface area contributed by atoms with Crippen LogP contribution in [0.1, 0.15) is 27.0 Å². The maximum absolute atomic E-state index is 11.0. The number of aryl methyl sites for hydroxylation is 1. The van der Waals surface area contributed by atoms with Gasteiger partial charge in [-0.05, 0) is 29.7 Å². The number of benzene rings is 2. The Bertz CT molecular complexity index is 1140. The van der Waals surface area contributed by atoms with Crippen LogP contribution < -0.4 is 5.11 Å². The molecule has 0 amide bonds. The molecule has 0 bridgehead atoms. The number of carboxylic acid groups (broad SMARTS) is 1. The van der Waals surface area contributed by atoms with E-state index in [1.54, 1.807) is 30.1 Å². The summed E-state index contributed by atoms with van der Waals surface area (Å²) in [6.07, 6.45) is 3.55. The van der Waals surface area contributed by atoms with Crippen molar-refractivity contribution >= 4 is 28.8 Å². The molecule has 2 aromatic heterocycles. The Hall–Kier alpha value is -3.12. The number of fused-ring (bicyclic) bond motifs is 1. The lowest BCUT2D eigenvalue weighted by atomic mass is 10.1. The molecule has 4 rings (SSSR count). The molecule has 0 spiro atoms. The first-order valence-electron chi connectivity index (χ1n) is 8.89. The topological polar surface area (TPSA) is 70.8 Å². The Morgan fingerprint density at radius 2 is 1.93 bits per heavy atom. The number of carbonyl (C=O) groups excluding carboxylic acids is 1. The number of pyridine rings is 1. The van der Waals surface area contributed by atoms with Gasteiger partial charge in [0.15, 0.2) is 5.16 Å². The molecule has 0 atom stereocenters. The highest BCUT2D eigenvalue weighted by atomic mass is 32.2. The lowest BCUT2D eigenvalue weighted by Crippen LogP contribution is -2.22. The third-order valence-corrected chi connectivity index (χ3v) is 5.54. The summed E-state index contributed by atoms with van der Waals surface area (Å²) in [5, 5.41) is 11.9. The predicted octanol–water partition coefficient (Wildman–Crippen LogP) is 3.44. The lowest BCUT2D eigenvalue weighted by Gasteiger charge is -2.10. The average molecular weight is 388 g/mol. The van der Waals surface area contributed by atoms with E-state index in [9.17, 15) is 9.90 Å². The fourth-order valence-corrected chi connectivity index (χ4v) is 4.05. The van der Waals surface area contributed by atoms with Crippen LogP contribution in [0.25, 0.3) is 11.0 Å². The number of nitrogens with zero attached hydrogens (tertiary/aromatic N) is 3. The van der Waals surface area contributed by atoms with E-state index >= 15 is 0 Å². The van der Waals surface area contributed by atoms with E-state index in [-0.39, 0.29) is 5.56 Å². The molecule has 0 radical (unpaired) electrons. The van der Waals surface area contributed by atoms with Gasteiger partial charge in [-0.1, -0.05) is 65.9 Å². The van der Waals surface area contributed by atoms with Crippen LogP contribution in [0.15, 0.2) is 72.1 Å². The van der Waals surface area contributed by atoms with Gasteiger partial charge in [-0.2, -0.15) is 0 Å². The van der Waals surface area contributed by atoms with Crippen LogP contribution in [0.5, 0.6) is 0 Å². The molecule has 0 aliphatic rings. The number of aromatic carboxylic acids is 1. The molecule has 0 N–H and O–H groups in total. The summed E-state index contributed by atoms with van der Waals surface area (Å²) < 4.78 is 2.12. The molecule has 140 valence electrons. The maximum atomic E-state index is 11.0. The van der Waals surface area contributed by atoms with Crippen molar-refractivity contribution in [3.8, 4) is 0 Å². The Labute approximate surface area is 167 Å². The van der Waals surface area contributed by atoms with Crippen LogP contribution in [-0.4, -0.2) is 20.5 Å². The van der Waals surface area contributed by atoms with Gasteiger partial charge in [0.05, 0.1) is 29.7 Å². The molecular formula is C22H18N3O2S-. The minimum Gasteiger partial charge on any atom is -0.545 e.